The molecule has 1 atom stereocenters. The predicted molar refractivity (Wildman–Crippen MR) is 84.0 cm³/mol. The van der Waals surface area contributed by atoms with Gasteiger partial charge < -0.3 is 5.32 Å². The second-order valence-corrected chi connectivity index (χ2v) is 5.05. The Bertz CT molecular complexity index is 848. The van der Waals surface area contributed by atoms with Gasteiger partial charge in [0.05, 0.1) is 17.3 Å². The van der Waals surface area contributed by atoms with Gasteiger partial charge in [0.1, 0.15) is 17.7 Å². The summed E-state index contributed by atoms with van der Waals surface area (Å²) in [6.45, 7) is 0. The van der Waals surface area contributed by atoms with E-state index in [0.717, 1.165) is 11.3 Å². The molecule has 2 aromatic heterocycles. The minimum absolute atomic E-state index is 0.302. The summed E-state index contributed by atoms with van der Waals surface area (Å²) in [5.41, 5.74) is 2.03. The highest BCUT2D eigenvalue weighted by Gasteiger charge is 2.18. The molecule has 2 heterocycles. The highest BCUT2D eigenvalue weighted by molar-refractivity contribution is 5.54. The lowest BCUT2D eigenvalue weighted by Gasteiger charge is -2.18. The summed E-state index contributed by atoms with van der Waals surface area (Å²) in [6.07, 6.45) is 3.44. The minimum Gasteiger partial charge on any atom is -0.356 e. The Morgan fingerprint density at radius 1 is 1.22 bits per heavy atom. The maximum absolute atomic E-state index is 13.2. The van der Waals surface area contributed by atoms with Crippen molar-refractivity contribution in [3.63, 3.8) is 0 Å². The first-order valence-corrected chi connectivity index (χ1v) is 7.04. The first kappa shape index (κ1) is 14.7. The van der Waals surface area contributed by atoms with E-state index in [1.807, 2.05) is 19.3 Å². The number of rotatable bonds is 4. The number of hydrogen-bond donors (Lipinski definition) is 1. The summed E-state index contributed by atoms with van der Waals surface area (Å²) in [6, 6.07) is 13.2. The topological polar surface area (TPSA) is 66.5 Å². The third-order valence-corrected chi connectivity index (χ3v) is 3.44. The van der Waals surface area contributed by atoms with Gasteiger partial charge in [-0.1, -0.05) is 12.1 Å². The number of pyridine rings is 1. The normalized spacial score (nSPS) is 11.7. The van der Waals surface area contributed by atoms with Crippen LogP contribution in [0.1, 0.15) is 22.9 Å². The second-order valence-electron chi connectivity index (χ2n) is 5.05. The summed E-state index contributed by atoms with van der Waals surface area (Å²) in [7, 11) is 1.83. The molecule has 0 saturated carbocycles. The number of aromatic nitrogens is 3. The van der Waals surface area contributed by atoms with Gasteiger partial charge in [-0.2, -0.15) is 10.4 Å². The number of halogens is 1. The predicted octanol–water partition coefficient (Wildman–Crippen LogP) is 3.03. The number of benzene rings is 1. The first-order chi connectivity index (χ1) is 11.2. The first-order valence-electron chi connectivity index (χ1n) is 7.04. The van der Waals surface area contributed by atoms with Crippen LogP contribution < -0.4 is 5.32 Å². The van der Waals surface area contributed by atoms with Gasteiger partial charge in [-0.15, -0.1) is 0 Å². The fraction of sp³-hybridized carbons (Fsp3) is 0.118. The van der Waals surface area contributed by atoms with Crippen molar-refractivity contribution >= 4 is 5.82 Å². The zero-order valence-corrected chi connectivity index (χ0v) is 12.4. The third-order valence-electron chi connectivity index (χ3n) is 3.44. The molecule has 0 amide bonds. The van der Waals surface area contributed by atoms with Gasteiger partial charge in [0, 0.05) is 19.4 Å². The van der Waals surface area contributed by atoms with Gasteiger partial charge in [-0.3, -0.25) is 4.68 Å². The quantitative estimate of drug-likeness (QED) is 0.804. The van der Waals surface area contributed by atoms with Crippen LogP contribution in [0.5, 0.6) is 0 Å². The molecule has 0 bridgehead atoms. The number of aryl methyl sites for hydroxylation is 1. The fourth-order valence-corrected chi connectivity index (χ4v) is 2.32. The lowest BCUT2D eigenvalue weighted by atomic mass is 10.0. The molecule has 3 aromatic rings. The number of nitrogens with zero attached hydrogens (tertiary/aromatic N) is 4. The van der Waals surface area contributed by atoms with Crippen LogP contribution in [0.25, 0.3) is 0 Å². The molecule has 1 N–H and O–H groups in total. The van der Waals surface area contributed by atoms with Crippen molar-refractivity contribution in [1.82, 2.24) is 14.8 Å². The van der Waals surface area contributed by atoms with Gasteiger partial charge in [-0.05, 0) is 35.9 Å². The van der Waals surface area contributed by atoms with Crippen LogP contribution in [0, 0.1) is 17.1 Å². The van der Waals surface area contributed by atoms with Crippen LogP contribution in [0.2, 0.25) is 0 Å². The molecule has 1 unspecified atom stereocenters. The molecule has 0 aliphatic carbocycles. The second kappa shape index (κ2) is 6.28. The summed E-state index contributed by atoms with van der Waals surface area (Å²) < 4.78 is 14.9. The van der Waals surface area contributed by atoms with Gasteiger partial charge in [0.2, 0.25) is 0 Å². The molecule has 5 nitrogen and oxygen atoms in total. The van der Waals surface area contributed by atoms with Crippen LogP contribution >= 0.6 is 0 Å². The zero-order chi connectivity index (χ0) is 16.2. The molecule has 114 valence electrons. The summed E-state index contributed by atoms with van der Waals surface area (Å²) >= 11 is 0. The van der Waals surface area contributed by atoms with Gasteiger partial charge >= 0.3 is 0 Å². The highest BCUT2D eigenvalue weighted by atomic mass is 19.1. The average molecular weight is 307 g/mol. The summed E-state index contributed by atoms with van der Waals surface area (Å²) in [5, 5.41) is 16.9. The summed E-state index contributed by atoms with van der Waals surface area (Å²) in [5.74, 6) is 0.166. The van der Waals surface area contributed by atoms with E-state index in [1.165, 1.54) is 12.1 Å². The molecule has 0 saturated heterocycles. The van der Waals surface area contributed by atoms with Gasteiger partial charge in [0.25, 0.3) is 0 Å². The number of nitrogens with one attached hydrogen (secondary N) is 1. The van der Waals surface area contributed by atoms with Crippen molar-refractivity contribution in [1.29, 1.82) is 5.26 Å². The molecule has 0 spiro atoms. The van der Waals surface area contributed by atoms with Crippen molar-refractivity contribution in [3.8, 4) is 6.07 Å². The van der Waals surface area contributed by atoms with E-state index in [-0.39, 0.29) is 11.9 Å². The van der Waals surface area contributed by atoms with Crippen molar-refractivity contribution in [2.45, 2.75) is 6.04 Å². The van der Waals surface area contributed by atoms with Crippen LogP contribution in [0.15, 0.2) is 54.9 Å². The fourth-order valence-electron chi connectivity index (χ4n) is 2.32. The van der Waals surface area contributed by atoms with E-state index in [4.69, 9.17) is 0 Å². The average Bonchev–Trinajstić information content (AvgIpc) is 3.00. The van der Waals surface area contributed by atoms with Crippen molar-refractivity contribution < 1.29 is 4.39 Å². The van der Waals surface area contributed by atoms with Crippen molar-refractivity contribution in [2.75, 3.05) is 5.32 Å². The Balaban J connectivity index is 2.02. The van der Waals surface area contributed by atoms with Crippen molar-refractivity contribution in [3.05, 3.63) is 77.5 Å². The molecule has 3 rings (SSSR count). The van der Waals surface area contributed by atoms with E-state index in [2.05, 4.69) is 21.5 Å². The Morgan fingerprint density at radius 2 is 2.00 bits per heavy atom. The number of hydrogen-bond acceptors (Lipinski definition) is 4. The van der Waals surface area contributed by atoms with E-state index < -0.39 is 0 Å². The lowest BCUT2D eigenvalue weighted by Crippen LogP contribution is -2.15. The third kappa shape index (κ3) is 3.19. The SMILES string of the molecule is Cn1ccc(C(Nc2ncccc2C#N)c2ccc(F)cc2)n1. The molecule has 0 aliphatic heterocycles. The Morgan fingerprint density at radius 3 is 2.65 bits per heavy atom. The van der Waals surface area contributed by atoms with E-state index in [9.17, 15) is 9.65 Å². The minimum atomic E-state index is -0.334. The molecule has 1 aromatic carbocycles. The van der Waals surface area contributed by atoms with Crippen molar-refractivity contribution in [2.24, 2.45) is 7.05 Å². The largest absolute Gasteiger partial charge is 0.356 e. The maximum Gasteiger partial charge on any atom is 0.144 e. The molecule has 0 aliphatic rings. The van der Waals surface area contributed by atoms with Gasteiger partial charge in [-0.25, -0.2) is 9.37 Å². The lowest BCUT2D eigenvalue weighted by molar-refractivity contribution is 0.626. The standard InChI is InChI=1S/C17H14FN5/c1-23-10-8-15(22-23)16(12-4-6-14(18)7-5-12)21-17-13(11-19)3-2-9-20-17/h2-10,16H,1H3,(H,20,21). The molecule has 6 heteroatoms. The van der Waals surface area contributed by atoms with Crippen LogP contribution in [0.3, 0.4) is 0 Å². The Kier molecular flexibility index (Phi) is 4.02. The summed E-state index contributed by atoms with van der Waals surface area (Å²) in [4.78, 5) is 4.22. The van der Waals surface area contributed by atoms with Gasteiger partial charge in [0.15, 0.2) is 0 Å². The number of nitriles is 1. The van der Waals surface area contributed by atoms with Crippen LogP contribution in [-0.4, -0.2) is 14.8 Å². The smallest absolute Gasteiger partial charge is 0.144 e. The maximum atomic E-state index is 13.2. The van der Waals surface area contributed by atoms with Crippen LogP contribution in [-0.2, 0) is 7.05 Å². The highest BCUT2D eigenvalue weighted by Crippen LogP contribution is 2.26. The monoisotopic (exact) mass is 307 g/mol. The zero-order valence-electron chi connectivity index (χ0n) is 12.4. The van der Waals surface area contributed by atoms with E-state index in [0.29, 0.717) is 11.4 Å². The molecule has 0 fully saturated rings. The van der Waals surface area contributed by atoms with E-state index >= 15 is 0 Å². The molecule has 23 heavy (non-hydrogen) atoms. The Hall–Kier alpha value is -3.20. The Labute approximate surface area is 133 Å². The molecule has 0 radical (unpaired) electrons. The van der Waals surface area contributed by atoms with Crippen LogP contribution in [0.4, 0.5) is 10.2 Å². The molecular formula is C17H14FN5. The molecular weight excluding hydrogens is 293 g/mol. The number of anilines is 1. The van der Waals surface area contributed by atoms with E-state index in [1.54, 1.807) is 35.1 Å².